The third-order valence-corrected chi connectivity index (χ3v) is 14.5. The zero-order chi connectivity index (χ0) is 43.9. The summed E-state index contributed by atoms with van der Waals surface area (Å²) in [6.07, 6.45) is 0. The van der Waals surface area contributed by atoms with E-state index in [0.29, 0.717) is 0 Å². The van der Waals surface area contributed by atoms with E-state index < -0.39 is 0 Å². The molecule has 0 aliphatic heterocycles. The van der Waals surface area contributed by atoms with E-state index in [1.54, 1.807) is 0 Å². The Morgan fingerprint density at radius 1 is 0.292 bits per heavy atom. The van der Waals surface area contributed by atoms with Crippen LogP contribution in [-0.4, -0.2) is 0 Å². The van der Waals surface area contributed by atoms with Crippen molar-refractivity contribution in [3.8, 4) is 66.8 Å². The molecule has 2 aliphatic carbocycles. The summed E-state index contributed by atoms with van der Waals surface area (Å²) in [4.78, 5) is 2.52. The first kappa shape index (κ1) is 38.9. The van der Waals surface area contributed by atoms with Gasteiger partial charge >= 0.3 is 0 Å². The summed E-state index contributed by atoms with van der Waals surface area (Å²) >= 11 is 0. The van der Waals surface area contributed by atoms with Gasteiger partial charge in [0.2, 0.25) is 0 Å². The van der Waals surface area contributed by atoms with Gasteiger partial charge in [0.15, 0.2) is 0 Å². The van der Waals surface area contributed by atoms with Gasteiger partial charge in [-0.2, -0.15) is 0 Å². The molecule has 0 saturated carbocycles. The zero-order valence-corrected chi connectivity index (χ0v) is 37.3. The van der Waals surface area contributed by atoms with E-state index in [4.69, 9.17) is 0 Å². The Labute approximate surface area is 383 Å². The molecular formula is C64H49N. The molecule has 0 bridgehead atoms. The second-order valence-electron chi connectivity index (χ2n) is 18.8. The maximum Gasteiger partial charge on any atom is 0.0540 e. The Morgan fingerprint density at radius 2 is 0.785 bits per heavy atom. The highest BCUT2D eigenvalue weighted by Crippen LogP contribution is 2.54. The fourth-order valence-corrected chi connectivity index (χ4v) is 11.4. The summed E-state index contributed by atoms with van der Waals surface area (Å²) < 4.78 is 0. The zero-order valence-electron chi connectivity index (χ0n) is 37.3. The number of fused-ring (bicyclic) bond motifs is 7. The van der Waals surface area contributed by atoms with Crippen LogP contribution in [0.5, 0.6) is 0 Å². The first-order valence-corrected chi connectivity index (χ1v) is 22.9. The fraction of sp³-hybridized carbons (Fsp3) is 0.0938. The molecule has 0 fully saturated rings. The molecule has 1 nitrogen and oxygen atoms in total. The van der Waals surface area contributed by atoms with Crippen LogP contribution in [0.3, 0.4) is 0 Å². The summed E-state index contributed by atoms with van der Waals surface area (Å²) in [5, 5.41) is 2.47. The van der Waals surface area contributed by atoms with Gasteiger partial charge in [0.05, 0.1) is 11.4 Å². The van der Waals surface area contributed by atoms with E-state index in [9.17, 15) is 0 Å². The number of anilines is 3. The Hall–Kier alpha value is -7.74. The minimum absolute atomic E-state index is 0.119. The van der Waals surface area contributed by atoms with Crippen LogP contribution in [-0.2, 0) is 10.8 Å². The molecule has 0 atom stereocenters. The van der Waals surface area contributed by atoms with Crippen LogP contribution in [0.1, 0.15) is 49.9 Å². The van der Waals surface area contributed by atoms with Crippen molar-refractivity contribution in [3.05, 3.63) is 247 Å². The lowest BCUT2D eigenvalue weighted by molar-refractivity contribution is 0.660. The quantitative estimate of drug-likeness (QED) is 0.155. The molecule has 0 aromatic heterocycles. The molecule has 0 N–H and O–H groups in total. The van der Waals surface area contributed by atoms with Gasteiger partial charge in [-0.05, 0) is 119 Å². The molecule has 0 saturated heterocycles. The van der Waals surface area contributed by atoms with Gasteiger partial charge < -0.3 is 4.90 Å². The van der Waals surface area contributed by atoms with Gasteiger partial charge in [0, 0.05) is 27.6 Å². The second kappa shape index (κ2) is 14.9. The van der Waals surface area contributed by atoms with E-state index in [1.165, 1.54) is 99.8 Å². The van der Waals surface area contributed by atoms with Crippen LogP contribution in [0.4, 0.5) is 17.1 Å². The van der Waals surface area contributed by atoms with Crippen molar-refractivity contribution in [3.63, 3.8) is 0 Å². The van der Waals surface area contributed by atoms with Gasteiger partial charge in [0.25, 0.3) is 0 Å². The number of para-hydroxylation sites is 2. The summed E-state index contributed by atoms with van der Waals surface area (Å²) in [5.74, 6) is 0. The number of hydrogen-bond donors (Lipinski definition) is 0. The maximum atomic E-state index is 2.52. The number of nitrogens with zero attached hydrogens (tertiary/aromatic N) is 1. The largest absolute Gasteiger partial charge is 0.309 e. The maximum absolute atomic E-state index is 2.52. The molecule has 12 rings (SSSR count). The van der Waals surface area contributed by atoms with E-state index in [2.05, 4.69) is 257 Å². The summed E-state index contributed by atoms with van der Waals surface area (Å²) in [6.45, 7) is 9.51. The van der Waals surface area contributed by atoms with Gasteiger partial charge in [-0.15, -0.1) is 0 Å². The van der Waals surface area contributed by atoms with E-state index in [0.717, 1.165) is 17.1 Å². The fourth-order valence-electron chi connectivity index (χ4n) is 11.4. The van der Waals surface area contributed by atoms with Gasteiger partial charge in [0.1, 0.15) is 0 Å². The Morgan fingerprint density at radius 3 is 1.54 bits per heavy atom. The second-order valence-corrected chi connectivity index (χ2v) is 18.8. The van der Waals surface area contributed by atoms with Crippen molar-refractivity contribution in [2.75, 3.05) is 4.90 Å². The highest BCUT2D eigenvalue weighted by atomic mass is 15.1. The van der Waals surface area contributed by atoms with Crippen molar-refractivity contribution >= 4 is 27.8 Å². The summed E-state index contributed by atoms with van der Waals surface area (Å²) in [6, 6.07) is 83.4. The SMILES string of the molecule is CC1(C)c2ccccc2-c2ccc(-c3ccccc3N(c3cccc(-c4cccc5c4C(C)(C)c4ccccc4-5)c3)c3ccccc3-c3cccc4cccc(-c5ccccc5)c34)cc21. The average Bonchev–Trinajstić information content (AvgIpc) is 3.73. The third kappa shape index (κ3) is 6.06. The highest BCUT2D eigenvalue weighted by Gasteiger charge is 2.38. The van der Waals surface area contributed by atoms with Crippen molar-refractivity contribution < 1.29 is 0 Å². The van der Waals surface area contributed by atoms with E-state index in [-0.39, 0.29) is 10.8 Å². The Bertz CT molecular complexity index is 3490. The lowest BCUT2D eigenvalue weighted by Crippen LogP contribution is -2.16. The van der Waals surface area contributed by atoms with Crippen LogP contribution in [0.25, 0.3) is 77.5 Å². The van der Waals surface area contributed by atoms with Crippen molar-refractivity contribution in [1.29, 1.82) is 0 Å². The lowest BCUT2D eigenvalue weighted by atomic mass is 9.79. The summed E-state index contributed by atoms with van der Waals surface area (Å²) in [7, 11) is 0. The number of rotatable bonds is 7. The first-order chi connectivity index (χ1) is 31.8. The molecular weight excluding hydrogens is 783 g/mol. The third-order valence-electron chi connectivity index (χ3n) is 14.5. The van der Waals surface area contributed by atoms with Crippen LogP contribution in [0.2, 0.25) is 0 Å². The molecule has 0 heterocycles. The summed E-state index contributed by atoms with van der Waals surface area (Å²) in [5.41, 5.74) is 23.6. The molecule has 0 amide bonds. The number of hydrogen-bond acceptors (Lipinski definition) is 1. The number of benzene rings is 10. The molecule has 310 valence electrons. The molecule has 0 unspecified atom stereocenters. The van der Waals surface area contributed by atoms with Crippen LogP contribution >= 0.6 is 0 Å². The smallest absolute Gasteiger partial charge is 0.0540 e. The topological polar surface area (TPSA) is 3.24 Å². The van der Waals surface area contributed by atoms with Crippen molar-refractivity contribution in [2.45, 2.75) is 38.5 Å². The predicted molar refractivity (Wildman–Crippen MR) is 276 cm³/mol. The van der Waals surface area contributed by atoms with E-state index in [1.807, 2.05) is 0 Å². The molecule has 10 aromatic carbocycles. The predicted octanol–water partition coefficient (Wildman–Crippen LogP) is 17.6. The minimum Gasteiger partial charge on any atom is -0.309 e. The molecule has 1 heteroatoms. The highest BCUT2D eigenvalue weighted by molar-refractivity contribution is 6.09. The molecule has 0 radical (unpaired) electrons. The normalized spacial score (nSPS) is 13.8. The Balaban J connectivity index is 1.10. The van der Waals surface area contributed by atoms with Crippen molar-refractivity contribution in [2.24, 2.45) is 0 Å². The van der Waals surface area contributed by atoms with Crippen LogP contribution < -0.4 is 4.90 Å². The lowest BCUT2D eigenvalue weighted by Gasteiger charge is -2.31. The molecule has 2 aliphatic rings. The first-order valence-electron chi connectivity index (χ1n) is 22.9. The monoisotopic (exact) mass is 831 g/mol. The molecule has 0 spiro atoms. The standard InChI is InChI=1S/C64H49N/c1-63(2)56-34-12-8-27-50(56)52-39-38-45(41-58(52)63)47-26-10-14-36-59(47)65(46-25-16-24-44(40-46)49-31-19-33-55-51-28-9-13-35-57(51)64(3,4)62(49)55)60-37-15-11-29-53(60)54-32-18-23-43-22-17-30-48(61(43)54)42-20-6-5-7-21-42/h5-41H,1-4H3. The van der Waals surface area contributed by atoms with Gasteiger partial charge in [-0.1, -0.05) is 222 Å². The molecule has 10 aromatic rings. The average molecular weight is 832 g/mol. The van der Waals surface area contributed by atoms with E-state index >= 15 is 0 Å². The molecule has 65 heavy (non-hydrogen) atoms. The van der Waals surface area contributed by atoms with Crippen molar-refractivity contribution in [1.82, 2.24) is 0 Å². The minimum atomic E-state index is -0.150. The van der Waals surface area contributed by atoms with Gasteiger partial charge in [-0.3, -0.25) is 0 Å². The van der Waals surface area contributed by atoms with Crippen LogP contribution in [0.15, 0.2) is 224 Å². The Kier molecular flexibility index (Phi) is 8.94. The van der Waals surface area contributed by atoms with Gasteiger partial charge in [-0.25, -0.2) is 0 Å². The van der Waals surface area contributed by atoms with Crippen LogP contribution in [0, 0.1) is 0 Å².